The van der Waals surface area contributed by atoms with Gasteiger partial charge in [0.1, 0.15) is 23.7 Å². The Morgan fingerprint density at radius 3 is 2.83 bits per heavy atom. The number of hydrogen-bond donors (Lipinski definition) is 2. The molecule has 0 saturated carbocycles. The van der Waals surface area contributed by atoms with Crippen LogP contribution in [0.2, 0.25) is 5.02 Å². The van der Waals surface area contributed by atoms with Crippen LogP contribution in [0.15, 0.2) is 79.1 Å². The van der Waals surface area contributed by atoms with Gasteiger partial charge in [-0.3, -0.25) is 4.79 Å². The minimum absolute atomic E-state index is 0.311. The maximum Gasteiger partial charge on any atom is 0.273 e. The number of carbonyl (C=O) groups is 1. The van der Waals surface area contributed by atoms with Crippen LogP contribution in [0.3, 0.4) is 0 Å². The molecule has 0 aliphatic heterocycles. The van der Waals surface area contributed by atoms with Gasteiger partial charge in [-0.2, -0.15) is 0 Å². The molecule has 6 nitrogen and oxygen atoms in total. The van der Waals surface area contributed by atoms with E-state index in [1.165, 1.54) is 0 Å². The molecule has 0 spiro atoms. The van der Waals surface area contributed by atoms with Gasteiger partial charge in [0.2, 0.25) is 0 Å². The summed E-state index contributed by atoms with van der Waals surface area (Å²) in [6.07, 6.45) is 3.87. The lowest BCUT2D eigenvalue weighted by atomic mass is 10.2. The molecule has 0 atom stereocenters. The number of pyridine rings is 1. The number of anilines is 1. The molecule has 2 N–H and O–H groups in total. The van der Waals surface area contributed by atoms with Crippen molar-refractivity contribution in [1.82, 2.24) is 14.4 Å². The van der Waals surface area contributed by atoms with Gasteiger partial charge < -0.3 is 19.4 Å². The summed E-state index contributed by atoms with van der Waals surface area (Å²) in [5.74, 6) is 0.321. The van der Waals surface area contributed by atoms with Crippen molar-refractivity contribution in [3.8, 4) is 5.75 Å². The zero-order valence-electron chi connectivity index (χ0n) is 15.8. The number of imidazole rings is 1. The number of halogens is 1. The molecule has 7 heteroatoms. The lowest BCUT2D eigenvalue weighted by molar-refractivity contribution is 0.102. The second-order valence-corrected chi connectivity index (χ2v) is 7.21. The number of aromatic amines is 1. The Balaban J connectivity index is 1.30. The largest absolute Gasteiger partial charge is 0.487 e. The number of benzene rings is 2. The van der Waals surface area contributed by atoms with Gasteiger partial charge in [-0.1, -0.05) is 41.9 Å². The number of hydrogen-bond acceptors (Lipinski definition) is 3. The van der Waals surface area contributed by atoms with E-state index in [0.29, 0.717) is 28.8 Å². The Hall–Kier alpha value is -3.77. The van der Waals surface area contributed by atoms with E-state index in [4.69, 9.17) is 16.3 Å². The summed E-state index contributed by atoms with van der Waals surface area (Å²) in [5.41, 5.74) is 3.45. The van der Waals surface area contributed by atoms with Gasteiger partial charge in [0.25, 0.3) is 5.91 Å². The normalized spacial score (nSPS) is 11.1. The van der Waals surface area contributed by atoms with Crippen molar-refractivity contribution in [3.63, 3.8) is 0 Å². The maximum absolute atomic E-state index is 12.7. The predicted molar refractivity (Wildman–Crippen MR) is 117 cm³/mol. The smallest absolute Gasteiger partial charge is 0.273 e. The highest BCUT2D eigenvalue weighted by Crippen LogP contribution is 2.28. The van der Waals surface area contributed by atoms with E-state index in [1.807, 2.05) is 71.4 Å². The molecular formula is C23H17ClN4O2. The summed E-state index contributed by atoms with van der Waals surface area (Å²) in [6, 6.07) is 20.6. The van der Waals surface area contributed by atoms with E-state index >= 15 is 0 Å². The number of rotatable bonds is 5. The molecule has 3 aromatic heterocycles. The Bertz CT molecular complexity index is 1340. The first-order chi connectivity index (χ1) is 14.7. The van der Waals surface area contributed by atoms with Crippen LogP contribution in [0.4, 0.5) is 5.69 Å². The molecule has 148 valence electrons. The minimum atomic E-state index is -0.311. The van der Waals surface area contributed by atoms with Crippen LogP contribution in [-0.4, -0.2) is 20.3 Å². The highest BCUT2D eigenvalue weighted by Gasteiger charge is 2.16. The number of ether oxygens (including phenoxy) is 1. The van der Waals surface area contributed by atoms with E-state index in [0.717, 1.165) is 22.2 Å². The zero-order valence-corrected chi connectivity index (χ0v) is 16.6. The van der Waals surface area contributed by atoms with Gasteiger partial charge in [0.05, 0.1) is 10.7 Å². The summed E-state index contributed by atoms with van der Waals surface area (Å²) in [4.78, 5) is 20.3. The van der Waals surface area contributed by atoms with Gasteiger partial charge >= 0.3 is 0 Å². The summed E-state index contributed by atoms with van der Waals surface area (Å²) in [5, 5.41) is 4.08. The number of para-hydroxylation sites is 1. The Kier molecular flexibility index (Phi) is 4.61. The summed E-state index contributed by atoms with van der Waals surface area (Å²) in [6.45, 7) is 0.326. The first-order valence-electron chi connectivity index (χ1n) is 9.40. The second-order valence-electron chi connectivity index (χ2n) is 6.83. The fraction of sp³-hybridized carbons (Fsp3) is 0.0435. The highest BCUT2D eigenvalue weighted by atomic mass is 35.5. The number of carbonyl (C=O) groups excluding carboxylic acids is 1. The Labute approximate surface area is 177 Å². The van der Waals surface area contributed by atoms with Crippen molar-refractivity contribution in [3.05, 3.63) is 95.5 Å². The third kappa shape index (κ3) is 3.49. The quantitative estimate of drug-likeness (QED) is 0.408. The molecule has 5 rings (SSSR count). The average molecular weight is 417 g/mol. The zero-order chi connectivity index (χ0) is 20.5. The fourth-order valence-electron chi connectivity index (χ4n) is 3.34. The van der Waals surface area contributed by atoms with Crippen molar-refractivity contribution in [2.24, 2.45) is 0 Å². The van der Waals surface area contributed by atoms with Crippen LogP contribution in [0, 0.1) is 0 Å². The summed E-state index contributed by atoms with van der Waals surface area (Å²) in [7, 11) is 0. The molecule has 0 unspecified atom stereocenters. The van der Waals surface area contributed by atoms with Crippen LogP contribution in [0.25, 0.3) is 16.6 Å². The standard InChI is InChI=1S/C23H17ClN4O2/c24-21-18-8-1-2-9-19(18)27-22(21)23(29)26-15-6-5-7-17(12-15)30-14-16-13-28-11-4-3-10-20(28)25-16/h1-13,27H,14H2,(H,26,29). The number of aromatic nitrogens is 3. The first-order valence-corrected chi connectivity index (χ1v) is 9.78. The molecule has 0 aliphatic rings. The van der Waals surface area contributed by atoms with Crippen LogP contribution in [0.5, 0.6) is 5.75 Å². The van der Waals surface area contributed by atoms with Gasteiger partial charge in [-0.05, 0) is 30.3 Å². The fourth-order valence-corrected chi connectivity index (χ4v) is 3.63. The molecule has 0 aliphatic carbocycles. The third-order valence-corrected chi connectivity index (χ3v) is 5.15. The van der Waals surface area contributed by atoms with E-state index in [9.17, 15) is 4.79 Å². The van der Waals surface area contributed by atoms with Crippen molar-refractivity contribution in [1.29, 1.82) is 0 Å². The molecule has 0 fully saturated rings. The Morgan fingerprint density at radius 2 is 1.97 bits per heavy atom. The Morgan fingerprint density at radius 1 is 1.10 bits per heavy atom. The molecule has 5 aromatic rings. The molecule has 3 heterocycles. The van der Waals surface area contributed by atoms with Crippen LogP contribution in [0.1, 0.15) is 16.2 Å². The van der Waals surface area contributed by atoms with Crippen LogP contribution in [-0.2, 0) is 6.61 Å². The van der Waals surface area contributed by atoms with E-state index in [1.54, 1.807) is 12.1 Å². The molecule has 1 amide bonds. The van der Waals surface area contributed by atoms with Crippen LogP contribution < -0.4 is 10.1 Å². The van der Waals surface area contributed by atoms with Crippen molar-refractivity contribution < 1.29 is 9.53 Å². The summed E-state index contributed by atoms with van der Waals surface area (Å²) < 4.78 is 7.80. The van der Waals surface area contributed by atoms with Gasteiger partial charge in [0, 0.05) is 35.1 Å². The molecule has 0 saturated heterocycles. The maximum atomic E-state index is 12.7. The molecule has 0 radical (unpaired) electrons. The average Bonchev–Trinajstić information content (AvgIpc) is 3.33. The number of nitrogens with one attached hydrogen (secondary N) is 2. The topological polar surface area (TPSA) is 71.4 Å². The first kappa shape index (κ1) is 18.3. The predicted octanol–water partition coefficient (Wildman–Crippen LogP) is 5.30. The van der Waals surface area contributed by atoms with Gasteiger partial charge in [-0.15, -0.1) is 0 Å². The van der Waals surface area contributed by atoms with Gasteiger partial charge in [0.15, 0.2) is 0 Å². The van der Waals surface area contributed by atoms with Crippen molar-refractivity contribution >= 4 is 39.7 Å². The van der Waals surface area contributed by atoms with E-state index in [-0.39, 0.29) is 5.91 Å². The minimum Gasteiger partial charge on any atom is -0.487 e. The van der Waals surface area contributed by atoms with E-state index < -0.39 is 0 Å². The second kappa shape index (κ2) is 7.57. The van der Waals surface area contributed by atoms with Crippen molar-refractivity contribution in [2.75, 3.05) is 5.32 Å². The van der Waals surface area contributed by atoms with Gasteiger partial charge in [-0.25, -0.2) is 4.98 Å². The van der Waals surface area contributed by atoms with E-state index in [2.05, 4.69) is 15.3 Å². The lowest BCUT2D eigenvalue weighted by Crippen LogP contribution is -2.12. The summed E-state index contributed by atoms with van der Waals surface area (Å²) >= 11 is 6.37. The molecular weight excluding hydrogens is 400 g/mol. The third-order valence-electron chi connectivity index (χ3n) is 4.76. The molecule has 30 heavy (non-hydrogen) atoms. The molecule has 2 aromatic carbocycles. The highest BCUT2D eigenvalue weighted by molar-refractivity contribution is 6.39. The number of nitrogens with zero attached hydrogens (tertiary/aromatic N) is 2. The van der Waals surface area contributed by atoms with Crippen LogP contribution >= 0.6 is 11.6 Å². The monoisotopic (exact) mass is 416 g/mol. The van der Waals surface area contributed by atoms with Crippen molar-refractivity contribution in [2.45, 2.75) is 6.61 Å². The lowest BCUT2D eigenvalue weighted by Gasteiger charge is -2.08. The number of amides is 1. The SMILES string of the molecule is O=C(Nc1cccc(OCc2cn3ccccc3n2)c1)c1[nH]c2ccccc2c1Cl. The number of H-pyrrole nitrogens is 1. The molecule has 0 bridgehead atoms. The number of fused-ring (bicyclic) bond motifs is 2.